The number of rotatable bonds is 5. The maximum atomic E-state index is 12.2. The molecule has 1 amide bonds. The summed E-state index contributed by atoms with van der Waals surface area (Å²) in [4.78, 5) is 17.4. The van der Waals surface area contributed by atoms with Crippen LogP contribution in [0.3, 0.4) is 0 Å². The molecule has 134 valence electrons. The third-order valence-electron chi connectivity index (χ3n) is 3.78. The number of carbonyl (C=O) groups is 1. The standard InChI is InChI=1S/C20H19IN2O2S/c1-3-13-5-8-15(9-6-13)22-20-23-19(24)18(26-20)12-14-7-10-17(25-4-2)16(21)11-14/h5-12H,3-4H2,1-2H3,(H,22,23,24)/b18-12-. The van der Waals surface area contributed by atoms with Crippen molar-refractivity contribution in [1.29, 1.82) is 0 Å². The lowest BCUT2D eigenvalue weighted by Gasteiger charge is -2.06. The molecule has 0 unspecified atom stereocenters. The highest BCUT2D eigenvalue weighted by atomic mass is 127. The number of nitrogens with one attached hydrogen (secondary N) is 1. The second kappa shape index (κ2) is 8.73. The Kier molecular flexibility index (Phi) is 6.37. The van der Waals surface area contributed by atoms with Crippen molar-refractivity contribution in [2.45, 2.75) is 20.3 Å². The number of hydrogen-bond acceptors (Lipinski definition) is 4. The number of ether oxygens (including phenoxy) is 1. The van der Waals surface area contributed by atoms with Gasteiger partial charge in [-0.25, -0.2) is 4.99 Å². The fraction of sp³-hybridized carbons (Fsp3) is 0.200. The Bertz CT molecular complexity index is 876. The van der Waals surface area contributed by atoms with Crippen molar-refractivity contribution in [3.05, 3.63) is 62.1 Å². The van der Waals surface area contributed by atoms with Gasteiger partial charge in [0, 0.05) is 0 Å². The van der Waals surface area contributed by atoms with Gasteiger partial charge in [-0.15, -0.1) is 0 Å². The molecule has 4 nitrogen and oxygen atoms in total. The number of aryl methyl sites for hydroxylation is 1. The Morgan fingerprint density at radius 2 is 1.96 bits per heavy atom. The van der Waals surface area contributed by atoms with E-state index in [1.165, 1.54) is 17.3 Å². The monoisotopic (exact) mass is 478 g/mol. The van der Waals surface area contributed by atoms with Gasteiger partial charge in [0.1, 0.15) is 5.75 Å². The average Bonchev–Trinajstić information content (AvgIpc) is 2.97. The van der Waals surface area contributed by atoms with E-state index in [2.05, 4.69) is 52.0 Å². The fourth-order valence-electron chi connectivity index (χ4n) is 2.43. The number of halogens is 1. The number of aliphatic imine (C=N–C) groups is 1. The zero-order chi connectivity index (χ0) is 18.5. The number of carbonyl (C=O) groups excluding carboxylic acids is 1. The largest absolute Gasteiger partial charge is 0.493 e. The summed E-state index contributed by atoms with van der Waals surface area (Å²) in [6.45, 7) is 4.71. The number of thioether (sulfide) groups is 1. The first-order valence-corrected chi connectivity index (χ1v) is 10.3. The summed E-state index contributed by atoms with van der Waals surface area (Å²) in [5.41, 5.74) is 3.06. The third kappa shape index (κ3) is 4.67. The molecule has 1 aliphatic rings. The van der Waals surface area contributed by atoms with Crippen LogP contribution in [-0.2, 0) is 11.2 Å². The van der Waals surface area contributed by atoms with Gasteiger partial charge >= 0.3 is 0 Å². The molecule has 26 heavy (non-hydrogen) atoms. The van der Waals surface area contributed by atoms with Crippen LogP contribution in [0.1, 0.15) is 25.0 Å². The van der Waals surface area contributed by atoms with Gasteiger partial charge in [0.2, 0.25) is 0 Å². The van der Waals surface area contributed by atoms with Gasteiger partial charge in [0.05, 0.1) is 20.8 Å². The lowest BCUT2D eigenvalue weighted by Crippen LogP contribution is -2.19. The van der Waals surface area contributed by atoms with Gasteiger partial charge in [-0.05, 0) is 89.2 Å². The van der Waals surface area contributed by atoms with Crippen molar-refractivity contribution in [2.75, 3.05) is 6.61 Å². The van der Waals surface area contributed by atoms with E-state index in [9.17, 15) is 4.79 Å². The number of amides is 1. The van der Waals surface area contributed by atoms with Gasteiger partial charge in [-0.3, -0.25) is 4.79 Å². The number of nitrogens with zero attached hydrogens (tertiary/aromatic N) is 1. The van der Waals surface area contributed by atoms with E-state index in [-0.39, 0.29) is 5.91 Å². The van der Waals surface area contributed by atoms with Gasteiger partial charge in [-0.1, -0.05) is 25.1 Å². The first kappa shape index (κ1) is 19.0. The molecule has 2 aromatic rings. The first-order valence-electron chi connectivity index (χ1n) is 8.40. The van der Waals surface area contributed by atoms with Crippen LogP contribution in [0.15, 0.2) is 52.4 Å². The maximum absolute atomic E-state index is 12.2. The molecule has 3 rings (SSSR count). The second-order valence-corrected chi connectivity index (χ2v) is 7.82. The Morgan fingerprint density at radius 3 is 2.62 bits per heavy atom. The summed E-state index contributed by atoms with van der Waals surface area (Å²) in [6.07, 6.45) is 2.87. The third-order valence-corrected chi connectivity index (χ3v) is 5.53. The van der Waals surface area contributed by atoms with Gasteiger partial charge in [-0.2, -0.15) is 0 Å². The molecule has 0 bridgehead atoms. The minimum atomic E-state index is -0.122. The number of hydrogen-bond donors (Lipinski definition) is 1. The lowest BCUT2D eigenvalue weighted by molar-refractivity contribution is -0.115. The van der Waals surface area contributed by atoms with E-state index in [0.29, 0.717) is 16.7 Å². The van der Waals surface area contributed by atoms with Crippen molar-refractivity contribution in [2.24, 2.45) is 4.99 Å². The molecule has 6 heteroatoms. The lowest BCUT2D eigenvalue weighted by atomic mass is 10.2. The van der Waals surface area contributed by atoms with Gasteiger partial charge in [0.15, 0.2) is 5.17 Å². The molecule has 0 atom stereocenters. The van der Waals surface area contributed by atoms with Crippen LogP contribution in [0.5, 0.6) is 5.75 Å². The zero-order valence-corrected chi connectivity index (χ0v) is 17.6. The highest BCUT2D eigenvalue weighted by Gasteiger charge is 2.23. The first-order chi connectivity index (χ1) is 12.6. The summed E-state index contributed by atoms with van der Waals surface area (Å²) in [6, 6.07) is 13.9. The predicted octanol–water partition coefficient (Wildman–Crippen LogP) is 5.14. The summed E-state index contributed by atoms with van der Waals surface area (Å²) >= 11 is 3.60. The minimum absolute atomic E-state index is 0.122. The van der Waals surface area contributed by atoms with E-state index < -0.39 is 0 Å². The van der Waals surface area contributed by atoms with E-state index in [4.69, 9.17) is 4.74 Å². The normalized spacial score (nSPS) is 17.0. The molecule has 1 saturated heterocycles. The predicted molar refractivity (Wildman–Crippen MR) is 117 cm³/mol. The molecule has 0 saturated carbocycles. The van der Waals surface area contributed by atoms with Gasteiger partial charge < -0.3 is 10.1 Å². The van der Waals surface area contributed by atoms with Crippen molar-refractivity contribution in [1.82, 2.24) is 5.32 Å². The highest BCUT2D eigenvalue weighted by Crippen LogP contribution is 2.30. The van der Waals surface area contributed by atoms with E-state index in [0.717, 1.165) is 27.0 Å². The highest BCUT2D eigenvalue weighted by molar-refractivity contribution is 14.1. The van der Waals surface area contributed by atoms with Crippen LogP contribution >= 0.6 is 34.4 Å². The van der Waals surface area contributed by atoms with Crippen LogP contribution in [0, 0.1) is 3.57 Å². The van der Waals surface area contributed by atoms with Crippen molar-refractivity contribution in [3.63, 3.8) is 0 Å². The second-order valence-electron chi connectivity index (χ2n) is 5.62. The summed E-state index contributed by atoms with van der Waals surface area (Å²) < 4.78 is 6.57. The molecule has 1 aliphatic heterocycles. The summed E-state index contributed by atoms with van der Waals surface area (Å²) in [5, 5.41) is 3.43. The summed E-state index contributed by atoms with van der Waals surface area (Å²) in [5.74, 6) is 0.736. The topological polar surface area (TPSA) is 50.7 Å². The Hall–Kier alpha value is -1.80. The Morgan fingerprint density at radius 1 is 1.19 bits per heavy atom. The minimum Gasteiger partial charge on any atom is -0.493 e. The summed E-state index contributed by atoms with van der Waals surface area (Å²) in [7, 11) is 0. The molecule has 0 radical (unpaired) electrons. The van der Waals surface area contributed by atoms with Crippen LogP contribution in [-0.4, -0.2) is 17.7 Å². The molecule has 0 aromatic heterocycles. The zero-order valence-electron chi connectivity index (χ0n) is 14.6. The Balaban J connectivity index is 1.77. The molecule has 0 aliphatic carbocycles. The molecular formula is C20H19IN2O2S. The van der Waals surface area contributed by atoms with Crippen LogP contribution in [0.2, 0.25) is 0 Å². The molecule has 2 aromatic carbocycles. The Labute approximate surface area is 171 Å². The molecule has 1 heterocycles. The van der Waals surface area contributed by atoms with Crippen molar-refractivity contribution < 1.29 is 9.53 Å². The van der Waals surface area contributed by atoms with E-state index in [1.807, 2.05) is 43.3 Å². The van der Waals surface area contributed by atoms with Crippen molar-refractivity contribution >= 4 is 57.2 Å². The SMILES string of the molecule is CCOc1ccc(/C=C2\SC(=Nc3ccc(CC)cc3)NC2=O)cc1I. The maximum Gasteiger partial charge on any atom is 0.264 e. The quantitative estimate of drug-likeness (QED) is 0.478. The van der Waals surface area contributed by atoms with E-state index in [1.54, 1.807) is 0 Å². The molecule has 1 fully saturated rings. The number of benzene rings is 2. The van der Waals surface area contributed by atoms with Gasteiger partial charge in [0.25, 0.3) is 5.91 Å². The van der Waals surface area contributed by atoms with Crippen molar-refractivity contribution in [3.8, 4) is 5.75 Å². The smallest absolute Gasteiger partial charge is 0.264 e. The van der Waals surface area contributed by atoms with Crippen LogP contribution in [0.4, 0.5) is 5.69 Å². The molecule has 0 spiro atoms. The van der Waals surface area contributed by atoms with Crippen LogP contribution < -0.4 is 10.1 Å². The molecule has 1 N–H and O–H groups in total. The molecular weight excluding hydrogens is 459 g/mol. The average molecular weight is 478 g/mol. The fourth-order valence-corrected chi connectivity index (χ4v) is 3.97. The number of amidine groups is 1. The van der Waals surface area contributed by atoms with Crippen LogP contribution in [0.25, 0.3) is 6.08 Å². The van der Waals surface area contributed by atoms with E-state index >= 15 is 0 Å².